The molecule has 0 spiro atoms. The second-order valence-electron chi connectivity index (χ2n) is 8.37. The summed E-state index contributed by atoms with van der Waals surface area (Å²) in [6, 6.07) is 12.3. The Morgan fingerprint density at radius 3 is 2.29 bits per heavy atom. The van der Waals surface area contributed by atoms with E-state index in [1.54, 1.807) is 21.3 Å². The van der Waals surface area contributed by atoms with E-state index in [2.05, 4.69) is 70.7 Å². The average Bonchev–Trinajstić information content (AvgIpc) is 3.27. The minimum absolute atomic E-state index is 0.547. The van der Waals surface area contributed by atoms with E-state index in [-0.39, 0.29) is 0 Å². The summed E-state index contributed by atoms with van der Waals surface area (Å²) in [6.45, 7) is 3.95. The van der Waals surface area contributed by atoms with Gasteiger partial charge in [-0.15, -0.1) is 0 Å². The number of hydrogen-bond donors (Lipinski definition) is 2. The van der Waals surface area contributed by atoms with Crippen LogP contribution in [0.5, 0.6) is 17.2 Å². The molecule has 2 aromatic carbocycles. The maximum Gasteiger partial charge on any atom is 0.203 e. The Kier molecular flexibility index (Phi) is 6.88. The first-order chi connectivity index (χ1) is 16.4. The first-order valence-corrected chi connectivity index (χ1v) is 11.1. The van der Waals surface area contributed by atoms with Crippen LogP contribution in [0.15, 0.2) is 42.6 Å². The van der Waals surface area contributed by atoms with E-state index in [1.165, 1.54) is 5.56 Å². The topological polar surface area (TPSA) is 84.5 Å². The lowest BCUT2D eigenvalue weighted by Gasteiger charge is -2.14. The first-order valence-electron chi connectivity index (χ1n) is 11.1. The van der Waals surface area contributed by atoms with E-state index in [0.717, 1.165) is 46.5 Å². The number of nitrogens with zero attached hydrogens (tertiary/aromatic N) is 3. The molecule has 0 amide bonds. The van der Waals surface area contributed by atoms with Crippen LogP contribution in [0.4, 0.5) is 5.69 Å². The van der Waals surface area contributed by atoms with Gasteiger partial charge in [-0.1, -0.05) is 12.1 Å². The molecule has 0 bridgehead atoms. The summed E-state index contributed by atoms with van der Waals surface area (Å²) in [7, 11) is 8.94. The number of benzene rings is 2. The summed E-state index contributed by atoms with van der Waals surface area (Å²) in [4.78, 5) is 6.76. The molecule has 4 aromatic rings. The number of fused-ring (bicyclic) bond motifs is 1. The molecular weight excluding hydrogens is 430 g/mol. The standard InChI is InChI=1S/C26H31N5O3/c1-16-7-8-17(12-21(16)27-9-10-31(2)3)19-11-20-24(29-30-26(20)28-15-19)18-13-22(32-4)25(34-6)23(14-18)33-5/h7-8,11-15,27H,9-10H2,1-6H3,(H,28,29,30). The maximum atomic E-state index is 5.53. The largest absolute Gasteiger partial charge is 0.493 e. The van der Waals surface area contributed by atoms with Crippen LogP contribution in [-0.4, -0.2) is 68.6 Å². The van der Waals surface area contributed by atoms with Crippen molar-refractivity contribution >= 4 is 16.7 Å². The van der Waals surface area contributed by atoms with Crippen molar-refractivity contribution in [3.63, 3.8) is 0 Å². The van der Waals surface area contributed by atoms with Crippen molar-refractivity contribution < 1.29 is 14.2 Å². The predicted octanol–water partition coefficient (Wildman–Crippen LogP) is 4.60. The van der Waals surface area contributed by atoms with Gasteiger partial charge in [-0.3, -0.25) is 5.10 Å². The number of aryl methyl sites for hydroxylation is 1. The quantitative estimate of drug-likeness (QED) is 0.377. The van der Waals surface area contributed by atoms with Crippen molar-refractivity contribution in [1.82, 2.24) is 20.1 Å². The van der Waals surface area contributed by atoms with Crippen LogP contribution in [-0.2, 0) is 0 Å². The van der Waals surface area contributed by atoms with Crippen LogP contribution in [0.1, 0.15) is 5.56 Å². The van der Waals surface area contributed by atoms with Crippen LogP contribution in [0.3, 0.4) is 0 Å². The summed E-state index contributed by atoms with van der Waals surface area (Å²) in [5.74, 6) is 1.71. The molecule has 2 aromatic heterocycles. The zero-order valence-corrected chi connectivity index (χ0v) is 20.5. The molecule has 0 saturated carbocycles. The van der Waals surface area contributed by atoms with Gasteiger partial charge >= 0.3 is 0 Å². The van der Waals surface area contributed by atoms with E-state index in [0.29, 0.717) is 22.9 Å². The van der Waals surface area contributed by atoms with E-state index >= 15 is 0 Å². The van der Waals surface area contributed by atoms with Gasteiger partial charge in [0.1, 0.15) is 0 Å². The lowest BCUT2D eigenvalue weighted by atomic mass is 10.0. The number of aromatic nitrogens is 3. The molecule has 0 atom stereocenters. The van der Waals surface area contributed by atoms with Gasteiger partial charge in [0, 0.05) is 41.5 Å². The van der Waals surface area contributed by atoms with E-state index in [4.69, 9.17) is 14.2 Å². The minimum Gasteiger partial charge on any atom is -0.493 e. The summed E-state index contributed by atoms with van der Waals surface area (Å²) in [5, 5.41) is 12.0. The summed E-state index contributed by atoms with van der Waals surface area (Å²) >= 11 is 0. The first kappa shape index (κ1) is 23.4. The minimum atomic E-state index is 0.547. The second-order valence-corrected chi connectivity index (χ2v) is 8.37. The van der Waals surface area contributed by atoms with Crippen molar-refractivity contribution in [2.24, 2.45) is 0 Å². The molecule has 0 aliphatic rings. The third-order valence-electron chi connectivity index (χ3n) is 5.81. The van der Waals surface area contributed by atoms with Gasteiger partial charge in [0.2, 0.25) is 5.75 Å². The number of methoxy groups -OCH3 is 3. The summed E-state index contributed by atoms with van der Waals surface area (Å²) < 4.78 is 16.5. The van der Waals surface area contributed by atoms with Crippen LogP contribution in [0, 0.1) is 6.92 Å². The van der Waals surface area contributed by atoms with Crippen LogP contribution in [0.2, 0.25) is 0 Å². The van der Waals surface area contributed by atoms with Crippen LogP contribution >= 0.6 is 0 Å². The maximum absolute atomic E-state index is 5.53. The van der Waals surface area contributed by atoms with Gasteiger partial charge in [-0.25, -0.2) is 4.98 Å². The molecule has 4 rings (SSSR count). The highest BCUT2D eigenvalue weighted by Crippen LogP contribution is 2.42. The number of nitrogens with one attached hydrogen (secondary N) is 2. The van der Waals surface area contributed by atoms with Crippen molar-refractivity contribution in [1.29, 1.82) is 0 Å². The fourth-order valence-corrected chi connectivity index (χ4v) is 3.91. The molecule has 8 nitrogen and oxygen atoms in total. The van der Waals surface area contributed by atoms with Gasteiger partial charge in [0.05, 0.1) is 27.0 Å². The van der Waals surface area contributed by atoms with Crippen LogP contribution < -0.4 is 19.5 Å². The third-order valence-corrected chi connectivity index (χ3v) is 5.81. The highest BCUT2D eigenvalue weighted by atomic mass is 16.5. The molecule has 34 heavy (non-hydrogen) atoms. The molecule has 0 aliphatic carbocycles. The van der Waals surface area contributed by atoms with E-state index in [9.17, 15) is 0 Å². The van der Waals surface area contributed by atoms with E-state index in [1.807, 2.05) is 18.3 Å². The monoisotopic (exact) mass is 461 g/mol. The predicted molar refractivity (Wildman–Crippen MR) is 136 cm³/mol. The van der Waals surface area contributed by atoms with Gasteiger partial charge in [0.25, 0.3) is 0 Å². The van der Waals surface area contributed by atoms with Crippen LogP contribution in [0.25, 0.3) is 33.4 Å². The number of pyridine rings is 1. The number of likely N-dealkylation sites (N-methyl/N-ethyl adjacent to an activating group) is 1. The smallest absolute Gasteiger partial charge is 0.203 e. The van der Waals surface area contributed by atoms with Crippen molar-refractivity contribution in [3.8, 4) is 39.6 Å². The van der Waals surface area contributed by atoms with Crippen molar-refractivity contribution in [3.05, 3.63) is 48.2 Å². The van der Waals surface area contributed by atoms with Crippen molar-refractivity contribution in [2.75, 3.05) is 53.8 Å². The molecule has 178 valence electrons. The van der Waals surface area contributed by atoms with Gasteiger partial charge in [-0.2, -0.15) is 5.10 Å². The SMILES string of the molecule is COc1cc(-c2[nH]nc3ncc(-c4ccc(C)c(NCCN(C)C)c4)cc23)cc(OC)c1OC. The Labute approximate surface area is 199 Å². The Balaban J connectivity index is 1.75. The fraction of sp³-hybridized carbons (Fsp3) is 0.308. The van der Waals surface area contributed by atoms with Gasteiger partial charge in [-0.05, 0) is 56.4 Å². The molecule has 0 aliphatic heterocycles. The zero-order valence-electron chi connectivity index (χ0n) is 20.5. The zero-order chi connectivity index (χ0) is 24.2. The van der Waals surface area contributed by atoms with Gasteiger partial charge < -0.3 is 24.4 Å². The summed E-state index contributed by atoms with van der Waals surface area (Å²) in [5.41, 5.74) is 6.77. The number of aromatic amines is 1. The molecule has 0 saturated heterocycles. The average molecular weight is 462 g/mol. The lowest BCUT2D eigenvalue weighted by Crippen LogP contribution is -2.21. The second kappa shape index (κ2) is 10.0. The Morgan fingerprint density at radius 1 is 0.912 bits per heavy atom. The van der Waals surface area contributed by atoms with Crippen molar-refractivity contribution in [2.45, 2.75) is 6.92 Å². The number of hydrogen-bond acceptors (Lipinski definition) is 7. The molecule has 0 unspecified atom stereocenters. The highest BCUT2D eigenvalue weighted by molar-refractivity contribution is 5.94. The van der Waals surface area contributed by atoms with E-state index < -0.39 is 0 Å². The number of anilines is 1. The fourth-order valence-electron chi connectivity index (χ4n) is 3.91. The third kappa shape index (κ3) is 4.63. The normalized spacial score (nSPS) is 11.1. The lowest BCUT2D eigenvalue weighted by molar-refractivity contribution is 0.324. The molecule has 8 heteroatoms. The Morgan fingerprint density at radius 2 is 1.65 bits per heavy atom. The molecule has 2 N–H and O–H groups in total. The molecule has 2 heterocycles. The Bertz CT molecular complexity index is 1270. The Hall–Kier alpha value is -3.78. The summed E-state index contributed by atoms with van der Waals surface area (Å²) in [6.07, 6.45) is 1.86. The molecule has 0 radical (unpaired) electrons. The number of H-pyrrole nitrogens is 1. The molecule has 0 fully saturated rings. The van der Waals surface area contributed by atoms with Gasteiger partial charge in [0.15, 0.2) is 17.1 Å². The number of ether oxygens (including phenoxy) is 3. The number of rotatable bonds is 9. The highest BCUT2D eigenvalue weighted by Gasteiger charge is 2.17. The molecular formula is C26H31N5O3.